The Labute approximate surface area is 77.0 Å². The molecule has 0 aliphatic carbocycles. The number of carboxylic acids is 1. The molecule has 0 rings (SSSR count). The van der Waals surface area contributed by atoms with Crippen LogP contribution in [0.2, 0.25) is 0 Å². The van der Waals surface area contributed by atoms with Gasteiger partial charge in [0.2, 0.25) is 0 Å². The van der Waals surface area contributed by atoms with Crippen molar-refractivity contribution in [3.05, 3.63) is 12.7 Å². The third-order valence-corrected chi connectivity index (χ3v) is 1.78. The highest BCUT2D eigenvalue weighted by atomic mass is 16.8. The van der Waals surface area contributed by atoms with Crippen LogP contribution in [-0.4, -0.2) is 39.4 Å². The first-order valence-corrected chi connectivity index (χ1v) is 4.09. The van der Waals surface area contributed by atoms with Gasteiger partial charge in [0, 0.05) is 0 Å². The maximum absolute atomic E-state index is 10.6. The van der Waals surface area contributed by atoms with Crippen molar-refractivity contribution >= 4 is 5.97 Å². The molecule has 0 aromatic carbocycles. The molecule has 1 unspecified atom stereocenters. The molecule has 13 heavy (non-hydrogen) atoms. The number of nitrogens with zero attached hydrogens (tertiary/aromatic N) is 1. The Morgan fingerprint density at radius 1 is 1.62 bits per heavy atom. The number of carbonyl (C=O) groups is 1. The Balaban J connectivity index is 4.20. The smallest absolute Gasteiger partial charge is 0.312 e. The van der Waals surface area contributed by atoms with E-state index in [0.29, 0.717) is 6.42 Å². The van der Waals surface area contributed by atoms with Crippen molar-refractivity contribution in [2.75, 3.05) is 13.1 Å². The zero-order valence-electron chi connectivity index (χ0n) is 7.68. The van der Waals surface area contributed by atoms with Gasteiger partial charge in [-0.25, -0.2) is 0 Å². The molecule has 0 bridgehead atoms. The average Bonchev–Trinajstić information content (AvgIpc) is 1.99. The summed E-state index contributed by atoms with van der Waals surface area (Å²) in [6, 6.07) is 0. The Morgan fingerprint density at radius 2 is 2.15 bits per heavy atom. The molecular formula is C8H16NO4+. The molecule has 0 aliphatic rings. The van der Waals surface area contributed by atoms with E-state index in [4.69, 9.17) is 5.11 Å². The SMILES string of the molecule is C=CC[N+](O)(O)CC(CC)C(=O)O. The largest absolute Gasteiger partial charge is 0.481 e. The van der Waals surface area contributed by atoms with Crippen molar-refractivity contribution in [1.82, 2.24) is 0 Å². The summed E-state index contributed by atoms with van der Waals surface area (Å²) in [4.78, 5) is 9.24. The van der Waals surface area contributed by atoms with Crippen LogP contribution < -0.4 is 0 Å². The number of hydroxylamine groups is 4. The van der Waals surface area contributed by atoms with Gasteiger partial charge in [0.1, 0.15) is 5.92 Å². The normalized spacial score (nSPS) is 13.8. The Kier molecular flexibility index (Phi) is 4.61. The highest BCUT2D eigenvalue weighted by molar-refractivity contribution is 5.69. The van der Waals surface area contributed by atoms with E-state index in [1.807, 2.05) is 0 Å². The van der Waals surface area contributed by atoms with Gasteiger partial charge < -0.3 is 5.11 Å². The lowest BCUT2D eigenvalue weighted by atomic mass is 10.1. The van der Waals surface area contributed by atoms with Gasteiger partial charge in [0.25, 0.3) is 0 Å². The number of carboxylic acid groups (broad SMARTS) is 1. The Morgan fingerprint density at radius 3 is 2.46 bits per heavy atom. The minimum atomic E-state index is -1.31. The topological polar surface area (TPSA) is 77.8 Å². The van der Waals surface area contributed by atoms with Gasteiger partial charge in [-0.3, -0.25) is 4.79 Å². The first kappa shape index (κ1) is 12.1. The van der Waals surface area contributed by atoms with Gasteiger partial charge in [-0.05, 0) is 17.3 Å². The summed E-state index contributed by atoms with van der Waals surface area (Å²) in [6.45, 7) is 4.72. The summed E-state index contributed by atoms with van der Waals surface area (Å²) >= 11 is 0. The van der Waals surface area contributed by atoms with Gasteiger partial charge in [-0.15, -0.1) is 0 Å². The van der Waals surface area contributed by atoms with Crippen molar-refractivity contribution in [2.45, 2.75) is 13.3 Å². The van der Waals surface area contributed by atoms with E-state index < -0.39 is 16.7 Å². The van der Waals surface area contributed by atoms with E-state index in [1.54, 1.807) is 6.92 Å². The minimum Gasteiger partial charge on any atom is -0.481 e. The standard InChI is InChI=1S/C8H15NO4/c1-3-5-9(12,13)6-7(4-2)8(10)11/h3,7,12-13H,1,4-6H2,2H3/p+1. The molecule has 0 aliphatic heterocycles. The minimum absolute atomic E-state index is 0.0796. The maximum atomic E-state index is 10.6. The summed E-state index contributed by atoms with van der Waals surface area (Å²) in [5.74, 6) is -1.76. The van der Waals surface area contributed by atoms with Crippen molar-refractivity contribution in [3.8, 4) is 0 Å². The molecule has 0 radical (unpaired) electrons. The fourth-order valence-electron chi connectivity index (χ4n) is 1.02. The van der Waals surface area contributed by atoms with Crippen molar-refractivity contribution < 1.29 is 25.1 Å². The number of hydrogen-bond acceptors (Lipinski definition) is 3. The lowest BCUT2D eigenvalue weighted by Gasteiger charge is -2.22. The lowest BCUT2D eigenvalue weighted by molar-refractivity contribution is -1.24. The molecule has 0 amide bonds. The first-order valence-electron chi connectivity index (χ1n) is 4.09. The van der Waals surface area contributed by atoms with Gasteiger partial charge in [0.05, 0.1) is 0 Å². The number of quaternary nitrogens is 1. The average molecular weight is 190 g/mol. The zero-order chi connectivity index (χ0) is 10.5. The van der Waals surface area contributed by atoms with Gasteiger partial charge in [-0.2, -0.15) is 10.4 Å². The summed E-state index contributed by atoms with van der Waals surface area (Å²) in [7, 11) is 0. The lowest BCUT2D eigenvalue weighted by Crippen LogP contribution is -2.46. The molecule has 0 spiro atoms. The van der Waals surface area contributed by atoms with Crippen LogP contribution >= 0.6 is 0 Å². The summed E-state index contributed by atoms with van der Waals surface area (Å²) < 4.78 is 0. The highest BCUT2D eigenvalue weighted by Crippen LogP contribution is 2.09. The molecule has 76 valence electrons. The van der Waals surface area contributed by atoms with Crippen LogP contribution in [0.4, 0.5) is 0 Å². The monoisotopic (exact) mass is 190 g/mol. The predicted octanol–water partition coefficient (Wildman–Crippen LogP) is 0.878. The van der Waals surface area contributed by atoms with Crippen LogP contribution in [0.25, 0.3) is 0 Å². The molecular weight excluding hydrogens is 174 g/mol. The van der Waals surface area contributed by atoms with E-state index in [2.05, 4.69) is 6.58 Å². The second-order valence-corrected chi connectivity index (χ2v) is 2.98. The predicted molar refractivity (Wildman–Crippen MR) is 45.2 cm³/mol. The molecule has 0 aromatic rings. The van der Waals surface area contributed by atoms with Crippen molar-refractivity contribution in [3.63, 3.8) is 0 Å². The van der Waals surface area contributed by atoms with E-state index in [9.17, 15) is 15.2 Å². The van der Waals surface area contributed by atoms with Crippen LogP contribution in [0.1, 0.15) is 13.3 Å². The molecule has 0 saturated heterocycles. The quantitative estimate of drug-likeness (QED) is 0.330. The van der Waals surface area contributed by atoms with E-state index in [-0.39, 0.29) is 13.1 Å². The highest BCUT2D eigenvalue weighted by Gasteiger charge is 2.30. The molecule has 0 aromatic heterocycles. The number of hydrogen-bond donors (Lipinski definition) is 3. The summed E-state index contributed by atoms with van der Waals surface area (Å²) in [5.41, 5.74) is 0. The molecule has 0 saturated carbocycles. The van der Waals surface area contributed by atoms with E-state index >= 15 is 0 Å². The third-order valence-electron chi connectivity index (χ3n) is 1.78. The number of rotatable bonds is 6. The van der Waals surface area contributed by atoms with Crippen LogP contribution in [-0.2, 0) is 4.79 Å². The van der Waals surface area contributed by atoms with Crippen LogP contribution in [0.5, 0.6) is 0 Å². The second kappa shape index (κ2) is 4.96. The van der Waals surface area contributed by atoms with Gasteiger partial charge >= 0.3 is 5.97 Å². The van der Waals surface area contributed by atoms with Crippen molar-refractivity contribution in [1.29, 1.82) is 0 Å². The van der Waals surface area contributed by atoms with Crippen LogP contribution in [0.3, 0.4) is 0 Å². The zero-order valence-corrected chi connectivity index (χ0v) is 7.68. The van der Waals surface area contributed by atoms with E-state index in [1.165, 1.54) is 6.08 Å². The molecule has 0 heterocycles. The first-order chi connectivity index (χ1) is 5.93. The molecule has 3 N–H and O–H groups in total. The van der Waals surface area contributed by atoms with Crippen LogP contribution in [0, 0.1) is 5.92 Å². The van der Waals surface area contributed by atoms with Gasteiger partial charge in [-0.1, -0.05) is 13.5 Å². The summed E-state index contributed by atoms with van der Waals surface area (Å²) in [6.07, 6.45) is 1.70. The molecule has 5 heteroatoms. The third kappa shape index (κ3) is 4.62. The fraction of sp³-hybridized carbons (Fsp3) is 0.625. The van der Waals surface area contributed by atoms with Gasteiger partial charge in [0.15, 0.2) is 13.1 Å². The second-order valence-electron chi connectivity index (χ2n) is 2.98. The Bertz CT molecular complexity index is 191. The summed E-state index contributed by atoms with van der Waals surface area (Å²) in [5, 5.41) is 27.1. The fourth-order valence-corrected chi connectivity index (χ4v) is 1.02. The maximum Gasteiger partial charge on any atom is 0.312 e. The molecule has 5 nitrogen and oxygen atoms in total. The number of aliphatic carboxylic acids is 1. The molecule has 1 atom stereocenters. The van der Waals surface area contributed by atoms with Crippen molar-refractivity contribution in [2.24, 2.45) is 5.92 Å². The van der Waals surface area contributed by atoms with Crippen LogP contribution in [0.15, 0.2) is 12.7 Å². The molecule has 0 fully saturated rings. The van der Waals surface area contributed by atoms with E-state index in [0.717, 1.165) is 0 Å². The Hall–Kier alpha value is -0.910.